The van der Waals surface area contributed by atoms with E-state index in [-0.39, 0.29) is 16.6 Å². The first-order valence-electron chi connectivity index (χ1n) is 8.26. The quantitative estimate of drug-likeness (QED) is 0.421. The van der Waals surface area contributed by atoms with Crippen LogP contribution in [0.2, 0.25) is 0 Å². The average Bonchev–Trinajstić information content (AvgIpc) is 3.09. The molecule has 1 aromatic carbocycles. The van der Waals surface area contributed by atoms with E-state index in [1.807, 2.05) is 0 Å². The fraction of sp³-hybridized carbons (Fsp3) is 0.438. The van der Waals surface area contributed by atoms with Gasteiger partial charge in [-0.25, -0.2) is 12.7 Å². The number of aryl methyl sites for hydroxylation is 1. The van der Waals surface area contributed by atoms with Crippen molar-refractivity contribution in [3.63, 3.8) is 0 Å². The van der Waals surface area contributed by atoms with Gasteiger partial charge in [-0.3, -0.25) is 4.79 Å². The Kier molecular flexibility index (Phi) is 8.19. The smallest absolute Gasteiger partial charge is 0.242 e. The van der Waals surface area contributed by atoms with Gasteiger partial charge in [0.1, 0.15) is 0 Å². The summed E-state index contributed by atoms with van der Waals surface area (Å²) in [4.78, 5) is 12.4. The maximum Gasteiger partial charge on any atom is 0.242 e. The van der Waals surface area contributed by atoms with E-state index in [1.54, 1.807) is 26.2 Å². The highest BCUT2D eigenvalue weighted by atomic mass is 32.2. The molecule has 2 rings (SSSR count). The van der Waals surface area contributed by atoms with Gasteiger partial charge in [-0.2, -0.15) is 0 Å². The molecule has 1 aromatic heterocycles. The van der Waals surface area contributed by atoms with E-state index in [1.165, 1.54) is 43.3 Å². The minimum Gasteiger partial charge on any atom is -0.383 e. The molecule has 0 unspecified atom stereocenters. The number of aromatic nitrogens is 2. The van der Waals surface area contributed by atoms with E-state index < -0.39 is 10.0 Å². The van der Waals surface area contributed by atoms with Crippen LogP contribution in [0.5, 0.6) is 0 Å². The number of ether oxygens (including phenoxy) is 1. The molecule has 0 bridgehead atoms. The summed E-state index contributed by atoms with van der Waals surface area (Å²) in [6.07, 6.45) is 0. The number of carbonyl (C=O) groups is 1. The van der Waals surface area contributed by atoms with Crippen molar-refractivity contribution in [2.24, 2.45) is 0 Å². The van der Waals surface area contributed by atoms with Crippen LogP contribution < -0.4 is 10.6 Å². The number of sulfonamides is 1. The van der Waals surface area contributed by atoms with Crippen molar-refractivity contribution in [3.8, 4) is 0 Å². The molecule has 0 saturated carbocycles. The molecule has 0 aliphatic heterocycles. The van der Waals surface area contributed by atoms with Gasteiger partial charge >= 0.3 is 0 Å². The molecule has 2 aromatic rings. The van der Waals surface area contributed by atoms with Gasteiger partial charge in [-0.1, -0.05) is 29.2 Å². The van der Waals surface area contributed by atoms with Gasteiger partial charge in [-0.15, -0.1) is 10.2 Å². The fourth-order valence-electron chi connectivity index (χ4n) is 2.08. The molecule has 12 heteroatoms. The molecule has 0 atom stereocenters. The predicted molar refractivity (Wildman–Crippen MR) is 112 cm³/mol. The second-order valence-electron chi connectivity index (χ2n) is 5.90. The maximum atomic E-state index is 12.4. The van der Waals surface area contributed by atoms with E-state index in [2.05, 4.69) is 20.8 Å². The number of methoxy groups -OCH3 is 1. The molecule has 0 radical (unpaired) electrons. The number of amides is 1. The number of carbonyl (C=O) groups excluding carboxylic acids is 1. The Morgan fingerprint density at radius 3 is 2.75 bits per heavy atom. The zero-order valence-corrected chi connectivity index (χ0v) is 18.5. The van der Waals surface area contributed by atoms with Crippen molar-refractivity contribution in [1.82, 2.24) is 14.5 Å². The average molecular weight is 446 g/mol. The van der Waals surface area contributed by atoms with Crippen LogP contribution in [0.1, 0.15) is 5.56 Å². The Morgan fingerprint density at radius 1 is 1.32 bits per heavy atom. The SMILES string of the molecule is COCCNc1nnc(SCC(=O)Nc2ccc(C)c(S(=O)(=O)N(C)C)c2)s1. The normalized spacial score (nSPS) is 11.6. The fourth-order valence-corrected chi connectivity index (χ4v) is 4.80. The Balaban J connectivity index is 1.95. The Morgan fingerprint density at radius 2 is 2.07 bits per heavy atom. The summed E-state index contributed by atoms with van der Waals surface area (Å²) in [5.74, 6) is -0.123. The summed E-state index contributed by atoms with van der Waals surface area (Å²) in [6.45, 7) is 2.90. The summed E-state index contributed by atoms with van der Waals surface area (Å²) >= 11 is 2.61. The zero-order valence-electron chi connectivity index (χ0n) is 16.1. The number of benzene rings is 1. The predicted octanol–water partition coefficient (Wildman–Crippen LogP) is 1.89. The minimum atomic E-state index is -3.58. The third-order valence-corrected chi connectivity index (χ3v) is 7.52. The molecule has 0 fully saturated rings. The van der Waals surface area contributed by atoms with Crippen LogP contribution in [0.3, 0.4) is 0 Å². The standard InChI is InChI=1S/C16H23N5O4S3/c1-11-5-6-12(9-13(11)28(23,24)21(2)3)18-14(22)10-26-16-20-19-15(27-16)17-7-8-25-4/h5-6,9H,7-8,10H2,1-4H3,(H,17,19)(H,18,22). The number of nitrogens with zero attached hydrogens (tertiary/aromatic N) is 3. The number of hydrogen-bond donors (Lipinski definition) is 2. The highest BCUT2D eigenvalue weighted by molar-refractivity contribution is 8.01. The number of nitrogens with one attached hydrogen (secondary N) is 2. The van der Waals surface area contributed by atoms with Crippen LogP contribution in [0.15, 0.2) is 27.4 Å². The van der Waals surface area contributed by atoms with E-state index in [0.717, 1.165) is 4.31 Å². The van der Waals surface area contributed by atoms with Crippen molar-refractivity contribution >= 4 is 49.8 Å². The second kappa shape index (κ2) is 10.2. The largest absolute Gasteiger partial charge is 0.383 e. The van der Waals surface area contributed by atoms with E-state index in [4.69, 9.17) is 4.74 Å². The van der Waals surface area contributed by atoms with Gasteiger partial charge in [0.15, 0.2) is 4.34 Å². The lowest BCUT2D eigenvalue weighted by atomic mass is 10.2. The topological polar surface area (TPSA) is 114 Å². The molecule has 154 valence electrons. The Labute approximate surface area is 172 Å². The van der Waals surface area contributed by atoms with Crippen molar-refractivity contribution < 1.29 is 17.9 Å². The highest BCUT2D eigenvalue weighted by Gasteiger charge is 2.20. The van der Waals surface area contributed by atoms with E-state index >= 15 is 0 Å². The third kappa shape index (κ3) is 6.14. The molecule has 0 aliphatic carbocycles. The van der Waals surface area contributed by atoms with Crippen LogP contribution in [-0.2, 0) is 19.6 Å². The van der Waals surface area contributed by atoms with Crippen molar-refractivity contribution in [2.75, 3.05) is 50.7 Å². The molecular formula is C16H23N5O4S3. The summed E-state index contributed by atoms with van der Waals surface area (Å²) in [7, 11) is 0.975. The van der Waals surface area contributed by atoms with E-state index in [9.17, 15) is 13.2 Å². The van der Waals surface area contributed by atoms with Crippen LogP contribution in [0, 0.1) is 6.92 Å². The van der Waals surface area contributed by atoms with Crippen molar-refractivity contribution in [1.29, 1.82) is 0 Å². The van der Waals surface area contributed by atoms with Crippen LogP contribution >= 0.6 is 23.1 Å². The van der Waals surface area contributed by atoms with Crippen molar-refractivity contribution in [3.05, 3.63) is 23.8 Å². The van der Waals surface area contributed by atoms with E-state index in [0.29, 0.717) is 33.9 Å². The van der Waals surface area contributed by atoms with Gasteiger partial charge in [0, 0.05) is 33.4 Å². The minimum absolute atomic E-state index is 0.135. The summed E-state index contributed by atoms with van der Waals surface area (Å²) in [6, 6.07) is 4.81. The zero-order chi connectivity index (χ0) is 20.7. The monoisotopic (exact) mass is 445 g/mol. The number of anilines is 2. The van der Waals surface area contributed by atoms with Crippen molar-refractivity contribution in [2.45, 2.75) is 16.2 Å². The lowest BCUT2D eigenvalue weighted by molar-refractivity contribution is -0.113. The first-order chi connectivity index (χ1) is 13.2. The van der Waals surface area contributed by atoms with Gasteiger partial charge < -0.3 is 15.4 Å². The first-order valence-corrected chi connectivity index (χ1v) is 11.5. The Bertz CT molecular complexity index is 915. The van der Waals surface area contributed by atoms with Crippen LogP contribution in [0.25, 0.3) is 0 Å². The Hall–Kier alpha value is -1.73. The number of hydrogen-bond acceptors (Lipinski definition) is 9. The van der Waals surface area contributed by atoms with Gasteiger partial charge in [0.25, 0.3) is 0 Å². The number of rotatable bonds is 10. The van der Waals surface area contributed by atoms with Gasteiger partial charge in [0.2, 0.25) is 21.1 Å². The number of thioether (sulfide) groups is 1. The molecule has 1 amide bonds. The molecule has 2 N–H and O–H groups in total. The highest BCUT2D eigenvalue weighted by Crippen LogP contribution is 2.26. The third-order valence-electron chi connectivity index (χ3n) is 3.55. The summed E-state index contributed by atoms with van der Waals surface area (Å²) < 4.78 is 31.5. The second-order valence-corrected chi connectivity index (χ2v) is 10.2. The molecule has 0 spiro atoms. The van der Waals surface area contributed by atoms with Gasteiger partial charge in [0.05, 0.1) is 17.3 Å². The molecule has 28 heavy (non-hydrogen) atoms. The molecule has 0 aliphatic rings. The lowest BCUT2D eigenvalue weighted by Crippen LogP contribution is -2.23. The molecule has 9 nitrogen and oxygen atoms in total. The summed E-state index contributed by atoms with van der Waals surface area (Å²) in [5.41, 5.74) is 1.04. The molecular weight excluding hydrogens is 422 g/mol. The lowest BCUT2D eigenvalue weighted by Gasteiger charge is -2.15. The molecule has 1 heterocycles. The summed E-state index contributed by atoms with van der Waals surface area (Å²) in [5, 5.41) is 14.5. The van der Waals surface area contributed by atoms with Gasteiger partial charge in [-0.05, 0) is 24.6 Å². The first kappa shape index (κ1) is 22.6. The maximum absolute atomic E-state index is 12.4. The van der Waals surface area contributed by atoms with Crippen LogP contribution in [-0.4, -0.2) is 68.9 Å². The van der Waals surface area contributed by atoms with Crippen LogP contribution in [0.4, 0.5) is 10.8 Å². The molecule has 0 saturated heterocycles.